The van der Waals surface area contributed by atoms with Gasteiger partial charge in [0.2, 0.25) is 0 Å². The van der Waals surface area contributed by atoms with Crippen molar-refractivity contribution in [2.24, 2.45) is 0 Å². The van der Waals surface area contributed by atoms with Crippen molar-refractivity contribution in [3.8, 4) is 28.0 Å². The molecule has 1 N–H and O–H groups in total. The second-order valence-electron chi connectivity index (χ2n) is 9.03. The van der Waals surface area contributed by atoms with E-state index >= 15 is 0 Å². The lowest BCUT2D eigenvalue weighted by Gasteiger charge is -2.15. The molecule has 0 unspecified atom stereocenters. The largest absolute Gasteiger partial charge is 0.494 e. The minimum atomic E-state index is -0.824. The number of benzene rings is 3. The van der Waals surface area contributed by atoms with Gasteiger partial charge in [-0.1, -0.05) is 72.3 Å². The van der Waals surface area contributed by atoms with Gasteiger partial charge in [0.1, 0.15) is 10.8 Å². The number of ether oxygens (including phenoxy) is 1. The molecule has 0 saturated heterocycles. The monoisotopic (exact) mass is 515 g/mol. The van der Waals surface area contributed by atoms with Crippen LogP contribution in [0.4, 0.5) is 0 Å². The smallest absolute Gasteiger partial charge is 0.303 e. The van der Waals surface area contributed by atoms with Gasteiger partial charge < -0.3 is 14.4 Å². The fourth-order valence-corrected chi connectivity index (χ4v) is 4.64. The molecule has 0 saturated carbocycles. The Bertz CT molecular complexity index is 1440. The van der Waals surface area contributed by atoms with E-state index in [0.29, 0.717) is 19.6 Å². The zero-order valence-corrected chi connectivity index (χ0v) is 21.6. The molecular weight excluding hydrogens is 486 g/mol. The maximum absolute atomic E-state index is 12.8. The Balaban J connectivity index is 1.49. The van der Waals surface area contributed by atoms with Crippen molar-refractivity contribution in [2.45, 2.75) is 39.2 Å². The van der Waals surface area contributed by atoms with Crippen LogP contribution < -0.4 is 10.3 Å². The zero-order chi connectivity index (χ0) is 26.2. The van der Waals surface area contributed by atoms with Crippen LogP contribution in [0.5, 0.6) is 5.75 Å². The van der Waals surface area contributed by atoms with Crippen LogP contribution in [0.3, 0.4) is 0 Å². The summed E-state index contributed by atoms with van der Waals surface area (Å²) in [4.78, 5) is 23.5. The van der Waals surface area contributed by atoms with Crippen LogP contribution in [0.1, 0.15) is 30.4 Å². The molecule has 190 valence electrons. The number of carboxylic acid groups (broad SMARTS) is 1. The second kappa shape index (κ2) is 12.4. The highest BCUT2D eigenvalue weighted by atomic mass is 35.5. The Morgan fingerprint density at radius 3 is 2.41 bits per heavy atom. The van der Waals surface area contributed by atoms with E-state index in [9.17, 15) is 9.59 Å². The second-order valence-corrected chi connectivity index (χ2v) is 9.44. The van der Waals surface area contributed by atoms with Crippen molar-refractivity contribution >= 4 is 17.6 Å². The fraction of sp³-hybridized carbons (Fsp3) is 0.226. The van der Waals surface area contributed by atoms with Crippen LogP contribution in [-0.4, -0.2) is 22.2 Å². The Morgan fingerprint density at radius 2 is 1.65 bits per heavy atom. The van der Waals surface area contributed by atoms with Crippen LogP contribution in [-0.2, 0) is 17.8 Å². The van der Waals surface area contributed by atoms with Gasteiger partial charge in [0.25, 0.3) is 5.56 Å². The standard InChI is InChI=1S/C31H30ClNO4/c1-22-9-2-3-13-26(22)28-15-5-4-14-27(28)24-20-29(32)31(36)33(21-24)17-7-11-23-10-6-12-25(19-23)37-18-8-16-30(34)35/h2-6,9-10,12-15,19-21H,7-8,11,16-18H2,1H3,(H,34,35). The van der Waals surface area contributed by atoms with Gasteiger partial charge in [-0.15, -0.1) is 0 Å². The van der Waals surface area contributed by atoms with E-state index in [1.807, 2.05) is 54.7 Å². The van der Waals surface area contributed by atoms with Crippen molar-refractivity contribution in [1.82, 2.24) is 4.57 Å². The maximum atomic E-state index is 12.8. The van der Waals surface area contributed by atoms with E-state index in [1.165, 1.54) is 5.56 Å². The number of rotatable bonds is 11. The van der Waals surface area contributed by atoms with E-state index in [-0.39, 0.29) is 17.0 Å². The van der Waals surface area contributed by atoms with E-state index in [4.69, 9.17) is 21.4 Å². The number of aromatic nitrogens is 1. The minimum Gasteiger partial charge on any atom is -0.494 e. The molecule has 0 radical (unpaired) electrons. The molecule has 0 aliphatic heterocycles. The molecular formula is C31H30ClNO4. The molecule has 1 aromatic heterocycles. The number of hydrogen-bond donors (Lipinski definition) is 1. The van der Waals surface area contributed by atoms with E-state index in [2.05, 4.69) is 31.2 Å². The number of carboxylic acids is 1. The summed E-state index contributed by atoms with van der Waals surface area (Å²) in [6.07, 6.45) is 3.97. The molecule has 6 heteroatoms. The molecule has 0 aliphatic carbocycles. The van der Waals surface area contributed by atoms with Gasteiger partial charge in [-0.2, -0.15) is 0 Å². The predicted octanol–water partition coefficient (Wildman–Crippen LogP) is 7.02. The molecule has 0 amide bonds. The summed E-state index contributed by atoms with van der Waals surface area (Å²) in [6.45, 7) is 2.99. The molecule has 1 heterocycles. The summed E-state index contributed by atoms with van der Waals surface area (Å²) in [7, 11) is 0. The van der Waals surface area contributed by atoms with Crippen LogP contribution in [0.25, 0.3) is 22.3 Å². The number of hydrogen-bond acceptors (Lipinski definition) is 3. The third-order valence-corrected chi connectivity index (χ3v) is 6.55. The normalized spacial score (nSPS) is 10.9. The molecule has 4 rings (SSSR count). The number of nitrogens with zero attached hydrogens (tertiary/aromatic N) is 1. The van der Waals surface area contributed by atoms with Gasteiger partial charge in [-0.25, -0.2) is 0 Å². The first kappa shape index (κ1) is 26.2. The molecule has 0 aliphatic rings. The van der Waals surface area contributed by atoms with Crippen LogP contribution in [0.2, 0.25) is 5.02 Å². The third-order valence-electron chi connectivity index (χ3n) is 6.28. The van der Waals surface area contributed by atoms with Crippen molar-refractivity contribution in [3.63, 3.8) is 0 Å². The summed E-state index contributed by atoms with van der Waals surface area (Å²) < 4.78 is 7.37. The van der Waals surface area contributed by atoms with Crippen molar-refractivity contribution in [3.05, 3.63) is 112 Å². The van der Waals surface area contributed by atoms with Gasteiger partial charge in [0, 0.05) is 24.7 Å². The molecule has 37 heavy (non-hydrogen) atoms. The summed E-state index contributed by atoms with van der Waals surface area (Å²) in [5, 5.41) is 8.96. The Hall–Kier alpha value is -3.83. The van der Waals surface area contributed by atoms with Gasteiger partial charge in [-0.05, 0) is 72.2 Å². The van der Waals surface area contributed by atoms with Crippen molar-refractivity contribution in [2.75, 3.05) is 6.61 Å². The van der Waals surface area contributed by atoms with Crippen molar-refractivity contribution in [1.29, 1.82) is 0 Å². The SMILES string of the molecule is Cc1ccccc1-c1ccccc1-c1cc(Cl)c(=O)n(CCCc2cccc(OCCCC(=O)O)c2)c1. The lowest BCUT2D eigenvalue weighted by Crippen LogP contribution is -2.20. The molecule has 0 spiro atoms. The fourth-order valence-electron chi connectivity index (χ4n) is 4.42. The van der Waals surface area contributed by atoms with Crippen molar-refractivity contribution < 1.29 is 14.6 Å². The lowest BCUT2D eigenvalue weighted by molar-refractivity contribution is -0.137. The molecule has 5 nitrogen and oxygen atoms in total. The first-order valence-electron chi connectivity index (χ1n) is 12.4. The Morgan fingerprint density at radius 1 is 0.919 bits per heavy atom. The average Bonchev–Trinajstić information content (AvgIpc) is 2.89. The number of halogens is 1. The maximum Gasteiger partial charge on any atom is 0.303 e. The van der Waals surface area contributed by atoms with Crippen LogP contribution in [0, 0.1) is 6.92 Å². The first-order chi connectivity index (χ1) is 17.9. The molecule has 0 atom stereocenters. The quantitative estimate of drug-likeness (QED) is 0.218. The average molecular weight is 516 g/mol. The molecule has 0 bridgehead atoms. The highest BCUT2D eigenvalue weighted by Crippen LogP contribution is 2.34. The number of aliphatic carboxylic acids is 1. The topological polar surface area (TPSA) is 68.5 Å². The zero-order valence-electron chi connectivity index (χ0n) is 20.8. The van der Waals surface area contributed by atoms with Gasteiger partial charge in [0.05, 0.1) is 6.61 Å². The Labute approximate surface area is 221 Å². The van der Waals surface area contributed by atoms with E-state index < -0.39 is 5.97 Å². The predicted molar refractivity (Wildman–Crippen MR) is 148 cm³/mol. The van der Waals surface area contributed by atoms with Gasteiger partial charge >= 0.3 is 5.97 Å². The van der Waals surface area contributed by atoms with E-state index in [1.54, 1.807) is 10.6 Å². The molecule has 4 aromatic rings. The highest BCUT2D eigenvalue weighted by molar-refractivity contribution is 6.30. The number of pyridine rings is 1. The molecule has 0 fully saturated rings. The number of carbonyl (C=O) groups is 1. The van der Waals surface area contributed by atoms with Gasteiger partial charge in [-0.3, -0.25) is 9.59 Å². The lowest BCUT2D eigenvalue weighted by atomic mass is 9.93. The summed E-state index contributed by atoms with van der Waals surface area (Å²) in [5.74, 6) is -0.103. The van der Waals surface area contributed by atoms with Gasteiger partial charge in [0.15, 0.2) is 0 Å². The molecule has 3 aromatic carbocycles. The van der Waals surface area contributed by atoms with Crippen LogP contribution in [0.15, 0.2) is 89.9 Å². The summed E-state index contributed by atoms with van der Waals surface area (Å²) in [6, 6.07) is 26.0. The number of aryl methyl sites for hydroxylation is 3. The van der Waals surface area contributed by atoms with Crippen LogP contribution >= 0.6 is 11.6 Å². The summed E-state index contributed by atoms with van der Waals surface area (Å²) in [5.41, 5.74) is 6.26. The highest BCUT2D eigenvalue weighted by Gasteiger charge is 2.12. The minimum absolute atomic E-state index is 0.0888. The Kier molecular flexibility index (Phi) is 8.81. The van der Waals surface area contributed by atoms with E-state index in [0.717, 1.165) is 46.4 Å². The first-order valence-corrected chi connectivity index (χ1v) is 12.8. The summed E-state index contributed by atoms with van der Waals surface area (Å²) >= 11 is 6.41. The third kappa shape index (κ3) is 6.89.